The summed E-state index contributed by atoms with van der Waals surface area (Å²) in [5, 5.41) is 7.51. The fourth-order valence-corrected chi connectivity index (χ4v) is 4.37. The van der Waals surface area contributed by atoms with Gasteiger partial charge in [-0.25, -0.2) is 4.39 Å². The van der Waals surface area contributed by atoms with Gasteiger partial charge in [0.25, 0.3) is 11.5 Å². The first-order valence-electron chi connectivity index (χ1n) is 10.7. The number of aryl methyl sites for hydroxylation is 1. The minimum atomic E-state index is -5.38. The SMILES string of the molecule is Cc1cc(C2=NO[C@](c3cc(C(F)(F)F)cc(Cl)c3F)(C(F)(F)F)C2)ccc1C(=O)N[C@@H]1CNC(=O)C1. The van der Waals surface area contributed by atoms with Gasteiger partial charge in [0.05, 0.1) is 28.8 Å². The van der Waals surface area contributed by atoms with Gasteiger partial charge in [-0.05, 0) is 42.3 Å². The molecule has 6 nitrogen and oxygen atoms in total. The molecule has 0 radical (unpaired) electrons. The van der Waals surface area contributed by atoms with Crippen molar-refractivity contribution in [1.82, 2.24) is 10.6 Å². The Labute approximate surface area is 209 Å². The predicted octanol–water partition coefficient (Wildman–Crippen LogP) is 5.01. The first-order valence-corrected chi connectivity index (χ1v) is 11.1. The van der Waals surface area contributed by atoms with Gasteiger partial charge in [-0.2, -0.15) is 26.3 Å². The maximum absolute atomic E-state index is 14.7. The van der Waals surface area contributed by atoms with Gasteiger partial charge in [-0.3, -0.25) is 9.59 Å². The van der Waals surface area contributed by atoms with E-state index in [1.807, 2.05) is 0 Å². The molecule has 2 aromatic carbocycles. The third-order valence-electron chi connectivity index (χ3n) is 6.09. The Morgan fingerprint density at radius 3 is 2.46 bits per heavy atom. The number of carbonyl (C=O) groups is 2. The lowest BCUT2D eigenvalue weighted by Gasteiger charge is -2.30. The van der Waals surface area contributed by atoms with Gasteiger partial charge in [0.2, 0.25) is 5.91 Å². The second-order valence-corrected chi connectivity index (χ2v) is 9.06. The number of nitrogens with zero attached hydrogens (tertiary/aromatic N) is 1. The van der Waals surface area contributed by atoms with Crippen LogP contribution in [0.4, 0.5) is 30.7 Å². The van der Waals surface area contributed by atoms with E-state index < -0.39 is 58.3 Å². The lowest BCUT2D eigenvalue weighted by Crippen LogP contribution is -2.43. The molecule has 0 aliphatic carbocycles. The molecule has 2 aromatic rings. The van der Waals surface area contributed by atoms with Crippen LogP contribution in [-0.4, -0.2) is 36.3 Å². The van der Waals surface area contributed by atoms with Crippen molar-refractivity contribution in [3.8, 4) is 0 Å². The highest BCUT2D eigenvalue weighted by molar-refractivity contribution is 6.30. The molecule has 0 bridgehead atoms. The molecule has 0 spiro atoms. The Balaban J connectivity index is 1.65. The van der Waals surface area contributed by atoms with Crippen molar-refractivity contribution in [3.05, 3.63) is 69.0 Å². The van der Waals surface area contributed by atoms with E-state index in [4.69, 9.17) is 11.6 Å². The van der Waals surface area contributed by atoms with Gasteiger partial charge in [0.1, 0.15) is 5.82 Å². The van der Waals surface area contributed by atoms with Crippen molar-refractivity contribution in [2.45, 2.75) is 43.8 Å². The molecular formula is C23H17ClF7N3O3. The number of amides is 2. The van der Waals surface area contributed by atoms with E-state index in [9.17, 15) is 40.3 Å². The average Bonchev–Trinajstić information content (AvgIpc) is 3.41. The van der Waals surface area contributed by atoms with E-state index >= 15 is 0 Å². The zero-order chi connectivity index (χ0) is 27.3. The standard InChI is InChI=1S/C23H17ClF7N3O3/c1-10-4-11(2-3-14(10)20(36)33-13-7-18(35)32-9-13)17-8-21(37-34-17,23(29,30)31)15-5-12(22(26,27)28)6-16(24)19(15)25/h2-6,13H,7-9H2,1H3,(H,32,35)(H,33,36)/t13-,21+/m0/s1. The summed E-state index contributed by atoms with van der Waals surface area (Å²) < 4.78 is 97.1. The van der Waals surface area contributed by atoms with E-state index in [0.29, 0.717) is 5.56 Å². The summed E-state index contributed by atoms with van der Waals surface area (Å²) in [6.07, 6.45) is -11.5. The monoisotopic (exact) mass is 551 g/mol. The highest BCUT2D eigenvalue weighted by atomic mass is 35.5. The molecule has 2 atom stereocenters. The number of hydrogen-bond acceptors (Lipinski definition) is 4. The summed E-state index contributed by atoms with van der Waals surface area (Å²) in [6, 6.07) is 3.72. The topological polar surface area (TPSA) is 79.8 Å². The number of rotatable bonds is 4. The van der Waals surface area contributed by atoms with Crippen molar-refractivity contribution in [2.24, 2.45) is 5.16 Å². The largest absolute Gasteiger partial charge is 0.435 e. The number of benzene rings is 2. The van der Waals surface area contributed by atoms with Crippen LogP contribution >= 0.6 is 11.6 Å². The van der Waals surface area contributed by atoms with Gasteiger partial charge in [-0.15, -0.1) is 0 Å². The van der Waals surface area contributed by atoms with E-state index in [-0.39, 0.29) is 47.8 Å². The quantitative estimate of drug-likeness (QED) is 0.525. The minimum Gasteiger partial charge on any atom is -0.374 e. The number of nitrogens with one attached hydrogen (secondary N) is 2. The molecule has 37 heavy (non-hydrogen) atoms. The molecule has 0 saturated carbocycles. The number of hydrogen-bond donors (Lipinski definition) is 2. The second-order valence-electron chi connectivity index (χ2n) is 8.66. The summed E-state index contributed by atoms with van der Waals surface area (Å²) in [7, 11) is 0. The predicted molar refractivity (Wildman–Crippen MR) is 116 cm³/mol. The number of alkyl halides is 6. The summed E-state index contributed by atoms with van der Waals surface area (Å²) in [5.41, 5.74) is -6.33. The lowest BCUT2D eigenvalue weighted by molar-refractivity contribution is -0.276. The van der Waals surface area contributed by atoms with Crippen LogP contribution in [0.25, 0.3) is 0 Å². The molecule has 1 saturated heterocycles. The Morgan fingerprint density at radius 1 is 1.19 bits per heavy atom. The zero-order valence-electron chi connectivity index (χ0n) is 18.8. The van der Waals surface area contributed by atoms with Crippen LogP contribution in [0.3, 0.4) is 0 Å². The van der Waals surface area contributed by atoms with E-state index in [0.717, 1.165) is 0 Å². The second kappa shape index (κ2) is 9.19. The molecule has 4 rings (SSSR count). The van der Waals surface area contributed by atoms with Crippen molar-refractivity contribution < 1.29 is 45.2 Å². The Kier molecular flexibility index (Phi) is 6.63. The van der Waals surface area contributed by atoms with Gasteiger partial charge < -0.3 is 15.5 Å². The smallest absolute Gasteiger partial charge is 0.374 e. The highest BCUT2D eigenvalue weighted by Gasteiger charge is 2.64. The maximum Gasteiger partial charge on any atom is 0.435 e. The number of halogens is 8. The van der Waals surface area contributed by atoms with Crippen molar-refractivity contribution in [1.29, 1.82) is 0 Å². The van der Waals surface area contributed by atoms with E-state index in [1.54, 1.807) is 0 Å². The van der Waals surface area contributed by atoms with Crippen LogP contribution in [0.15, 0.2) is 35.5 Å². The molecule has 2 aliphatic heterocycles. The maximum atomic E-state index is 14.7. The van der Waals surface area contributed by atoms with Crippen LogP contribution in [0, 0.1) is 12.7 Å². The number of carbonyl (C=O) groups excluding carboxylic acids is 2. The molecule has 2 N–H and O–H groups in total. The minimum absolute atomic E-state index is 0.00840. The zero-order valence-corrected chi connectivity index (χ0v) is 19.5. The first kappa shape index (κ1) is 26.7. The van der Waals surface area contributed by atoms with Gasteiger partial charge >= 0.3 is 12.4 Å². The number of oxime groups is 1. The summed E-state index contributed by atoms with van der Waals surface area (Å²) in [5.74, 6) is -2.45. The molecule has 2 aliphatic rings. The molecule has 198 valence electrons. The van der Waals surface area contributed by atoms with Gasteiger partial charge in [0, 0.05) is 24.1 Å². The Bertz CT molecular complexity index is 1310. The molecule has 2 amide bonds. The van der Waals surface area contributed by atoms with Gasteiger partial charge in [-0.1, -0.05) is 22.8 Å². The van der Waals surface area contributed by atoms with Crippen LogP contribution in [0.1, 0.15) is 45.5 Å². The first-order chi connectivity index (χ1) is 17.1. The van der Waals surface area contributed by atoms with E-state index in [1.165, 1.54) is 25.1 Å². The Morgan fingerprint density at radius 2 is 1.89 bits per heavy atom. The highest BCUT2D eigenvalue weighted by Crippen LogP contribution is 2.51. The molecule has 0 aromatic heterocycles. The van der Waals surface area contributed by atoms with Gasteiger partial charge in [0.15, 0.2) is 0 Å². The summed E-state index contributed by atoms with van der Waals surface area (Å²) in [6.45, 7) is 1.77. The summed E-state index contributed by atoms with van der Waals surface area (Å²) >= 11 is 5.51. The molecule has 0 unspecified atom stereocenters. The van der Waals surface area contributed by atoms with Crippen LogP contribution in [0.2, 0.25) is 5.02 Å². The fraction of sp³-hybridized carbons (Fsp3) is 0.348. The fourth-order valence-electron chi connectivity index (χ4n) is 4.15. The summed E-state index contributed by atoms with van der Waals surface area (Å²) in [4.78, 5) is 28.5. The van der Waals surface area contributed by atoms with Crippen LogP contribution < -0.4 is 10.6 Å². The van der Waals surface area contributed by atoms with Crippen molar-refractivity contribution in [3.63, 3.8) is 0 Å². The third-order valence-corrected chi connectivity index (χ3v) is 6.37. The average molecular weight is 552 g/mol. The van der Waals surface area contributed by atoms with Crippen molar-refractivity contribution in [2.75, 3.05) is 6.54 Å². The molecule has 1 fully saturated rings. The molecule has 2 heterocycles. The normalized spacial score (nSPS) is 21.9. The molecule has 14 heteroatoms. The molecular weight excluding hydrogens is 535 g/mol. The van der Waals surface area contributed by atoms with Crippen LogP contribution in [0.5, 0.6) is 0 Å². The lowest BCUT2D eigenvalue weighted by atomic mass is 9.85. The Hall–Kier alpha value is -3.35. The van der Waals surface area contributed by atoms with Crippen LogP contribution in [-0.2, 0) is 21.4 Å². The third kappa shape index (κ3) is 4.96. The van der Waals surface area contributed by atoms with E-state index in [2.05, 4.69) is 20.6 Å². The van der Waals surface area contributed by atoms with Crippen molar-refractivity contribution >= 4 is 29.1 Å².